The van der Waals surface area contributed by atoms with Crippen molar-refractivity contribution >= 4 is 17.7 Å². The van der Waals surface area contributed by atoms with Crippen LogP contribution in [-0.4, -0.2) is 34.6 Å². The van der Waals surface area contributed by atoms with Crippen molar-refractivity contribution in [1.29, 1.82) is 0 Å². The standard InChI is InChI=1S/C14H18N2O3/c1-2-9-16(12-7-8-12)14(19)15-11-5-3-10(4-6-11)13(17)18/h3-6,12H,2,7-9H2,1H3,(H,15,19)(H,17,18). The molecule has 0 radical (unpaired) electrons. The summed E-state index contributed by atoms with van der Waals surface area (Å²) < 4.78 is 0. The summed E-state index contributed by atoms with van der Waals surface area (Å²) in [5.41, 5.74) is 0.836. The molecule has 2 amide bonds. The maximum atomic E-state index is 12.1. The summed E-state index contributed by atoms with van der Waals surface area (Å²) in [6.45, 7) is 2.80. The van der Waals surface area contributed by atoms with Gasteiger partial charge in [-0.1, -0.05) is 6.92 Å². The van der Waals surface area contributed by atoms with Crippen molar-refractivity contribution in [2.24, 2.45) is 0 Å². The van der Waals surface area contributed by atoms with Gasteiger partial charge in [0.25, 0.3) is 0 Å². The van der Waals surface area contributed by atoms with Crippen LogP contribution < -0.4 is 5.32 Å². The van der Waals surface area contributed by atoms with Crippen molar-refractivity contribution in [1.82, 2.24) is 4.90 Å². The summed E-state index contributed by atoms with van der Waals surface area (Å²) in [6, 6.07) is 6.46. The van der Waals surface area contributed by atoms with E-state index in [-0.39, 0.29) is 11.6 Å². The summed E-state index contributed by atoms with van der Waals surface area (Å²) >= 11 is 0. The predicted molar refractivity (Wildman–Crippen MR) is 72.4 cm³/mol. The number of hydrogen-bond acceptors (Lipinski definition) is 2. The lowest BCUT2D eigenvalue weighted by Crippen LogP contribution is -2.37. The van der Waals surface area contributed by atoms with Crippen molar-refractivity contribution in [2.45, 2.75) is 32.2 Å². The van der Waals surface area contributed by atoms with E-state index in [0.717, 1.165) is 25.8 Å². The molecular formula is C14H18N2O3. The molecular weight excluding hydrogens is 244 g/mol. The molecule has 1 aliphatic carbocycles. The number of benzene rings is 1. The molecule has 5 nitrogen and oxygen atoms in total. The quantitative estimate of drug-likeness (QED) is 0.857. The first kappa shape index (κ1) is 13.4. The second-order valence-electron chi connectivity index (χ2n) is 4.74. The van der Waals surface area contributed by atoms with Crippen molar-refractivity contribution in [3.05, 3.63) is 29.8 Å². The number of rotatable bonds is 5. The monoisotopic (exact) mass is 262 g/mol. The van der Waals surface area contributed by atoms with Gasteiger partial charge in [0.2, 0.25) is 0 Å². The number of nitrogens with one attached hydrogen (secondary N) is 1. The van der Waals surface area contributed by atoms with Gasteiger partial charge in [-0.2, -0.15) is 0 Å². The van der Waals surface area contributed by atoms with Crippen LogP contribution in [0.2, 0.25) is 0 Å². The molecule has 1 fully saturated rings. The molecule has 0 atom stereocenters. The highest BCUT2D eigenvalue weighted by molar-refractivity contribution is 5.91. The molecule has 0 unspecified atom stereocenters. The summed E-state index contributed by atoms with van der Waals surface area (Å²) in [5, 5.41) is 11.6. The van der Waals surface area contributed by atoms with Crippen LogP contribution in [-0.2, 0) is 0 Å². The fourth-order valence-electron chi connectivity index (χ4n) is 1.97. The van der Waals surface area contributed by atoms with Crippen LogP contribution in [0.1, 0.15) is 36.5 Å². The molecule has 2 N–H and O–H groups in total. The lowest BCUT2D eigenvalue weighted by atomic mass is 10.2. The Labute approximate surface area is 112 Å². The zero-order chi connectivity index (χ0) is 13.8. The molecule has 0 saturated heterocycles. The van der Waals surface area contributed by atoms with E-state index in [1.54, 1.807) is 12.1 Å². The minimum atomic E-state index is -0.969. The SMILES string of the molecule is CCCN(C(=O)Nc1ccc(C(=O)O)cc1)C1CC1. The molecule has 0 spiro atoms. The van der Waals surface area contributed by atoms with Gasteiger partial charge in [-0.3, -0.25) is 0 Å². The van der Waals surface area contributed by atoms with Crippen LogP contribution in [0, 0.1) is 0 Å². The summed E-state index contributed by atoms with van der Waals surface area (Å²) in [4.78, 5) is 24.7. The maximum Gasteiger partial charge on any atom is 0.335 e. The van der Waals surface area contributed by atoms with Gasteiger partial charge >= 0.3 is 12.0 Å². The molecule has 0 heterocycles. The minimum Gasteiger partial charge on any atom is -0.478 e. The number of carbonyl (C=O) groups excluding carboxylic acids is 1. The zero-order valence-electron chi connectivity index (χ0n) is 10.9. The first-order chi connectivity index (χ1) is 9.11. The molecule has 1 aliphatic rings. The summed E-state index contributed by atoms with van der Waals surface area (Å²) in [7, 11) is 0. The minimum absolute atomic E-state index is 0.104. The van der Waals surface area contributed by atoms with Crippen LogP contribution in [0.5, 0.6) is 0 Å². The third-order valence-corrected chi connectivity index (χ3v) is 3.10. The zero-order valence-corrected chi connectivity index (χ0v) is 10.9. The number of amides is 2. The van der Waals surface area contributed by atoms with Gasteiger partial charge in [-0.05, 0) is 43.5 Å². The molecule has 2 rings (SSSR count). The van der Waals surface area contributed by atoms with Gasteiger partial charge in [0, 0.05) is 18.3 Å². The smallest absolute Gasteiger partial charge is 0.335 e. The highest BCUT2D eigenvalue weighted by atomic mass is 16.4. The molecule has 0 aromatic heterocycles. The fraction of sp³-hybridized carbons (Fsp3) is 0.429. The van der Waals surface area contributed by atoms with E-state index in [1.807, 2.05) is 11.8 Å². The van der Waals surface area contributed by atoms with Crippen LogP contribution in [0.4, 0.5) is 10.5 Å². The maximum absolute atomic E-state index is 12.1. The largest absolute Gasteiger partial charge is 0.478 e. The Morgan fingerprint density at radius 2 is 1.95 bits per heavy atom. The van der Waals surface area contributed by atoms with Crippen LogP contribution in [0.15, 0.2) is 24.3 Å². The number of hydrogen-bond donors (Lipinski definition) is 2. The number of nitrogens with zero attached hydrogens (tertiary/aromatic N) is 1. The normalized spacial score (nSPS) is 13.9. The lowest BCUT2D eigenvalue weighted by molar-refractivity contribution is 0.0697. The third kappa shape index (κ3) is 3.47. The van der Waals surface area contributed by atoms with E-state index in [2.05, 4.69) is 5.32 Å². The summed E-state index contributed by atoms with van der Waals surface area (Å²) in [6.07, 6.45) is 3.08. The molecule has 19 heavy (non-hydrogen) atoms. The van der Waals surface area contributed by atoms with Crippen LogP contribution in [0.25, 0.3) is 0 Å². The molecule has 1 saturated carbocycles. The topological polar surface area (TPSA) is 69.6 Å². The van der Waals surface area contributed by atoms with E-state index in [0.29, 0.717) is 11.7 Å². The fourth-order valence-corrected chi connectivity index (χ4v) is 1.97. The Kier molecular flexibility index (Phi) is 4.04. The van der Waals surface area contributed by atoms with Gasteiger partial charge in [0.15, 0.2) is 0 Å². The molecule has 5 heteroatoms. The van der Waals surface area contributed by atoms with E-state index in [4.69, 9.17) is 5.11 Å². The second-order valence-corrected chi connectivity index (χ2v) is 4.74. The molecule has 0 aliphatic heterocycles. The first-order valence-electron chi connectivity index (χ1n) is 6.52. The van der Waals surface area contributed by atoms with E-state index in [9.17, 15) is 9.59 Å². The van der Waals surface area contributed by atoms with Gasteiger partial charge in [-0.15, -0.1) is 0 Å². The summed E-state index contributed by atoms with van der Waals surface area (Å²) in [5.74, 6) is -0.969. The molecule has 102 valence electrons. The van der Waals surface area contributed by atoms with E-state index < -0.39 is 5.97 Å². The van der Waals surface area contributed by atoms with Crippen molar-refractivity contribution in [2.75, 3.05) is 11.9 Å². The highest BCUT2D eigenvalue weighted by Crippen LogP contribution is 2.27. The first-order valence-corrected chi connectivity index (χ1v) is 6.52. The Hall–Kier alpha value is -2.04. The Bertz CT molecular complexity index is 466. The van der Waals surface area contributed by atoms with Gasteiger partial charge < -0.3 is 15.3 Å². The second kappa shape index (κ2) is 5.73. The number of carbonyl (C=O) groups is 2. The van der Waals surface area contributed by atoms with Gasteiger partial charge in [0.05, 0.1) is 5.56 Å². The van der Waals surface area contributed by atoms with Crippen molar-refractivity contribution in [3.63, 3.8) is 0 Å². The number of carboxylic acids is 1. The Morgan fingerprint density at radius 3 is 2.42 bits per heavy atom. The van der Waals surface area contributed by atoms with Gasteiger partial charge in [-0.25, -0.2) is 9.59 Å². The number of carboxylic acid groups (broad SMARTS) is 1. The Morgan fingerprint density at radius 1 is 1.32 bits per heavy atom. The van der Waals surface area contributed by atoms with Crippen molar-refractivity contribution in [3.8, 4) is 0 Å². The van der Waals surface area contributed by atoms with Crippen molar-refractivity contribution < 1.29 is 14.7 Å². The molecule has 0 bridgehead atoms. The Balaban J connectivity index is 1.99. The number of anilines is 1. The average molecular weight is 262 g/mol. The third-order valence-electron chi connectivity index (χ3n) is 3.10. The highest BCUT2D eigenvalue weighted by Gasteiger charge is 2.31. The van der Waals surface area contributed by atoms with E-state index >= 15 is 0 Å². The number of urea groups is 1. The molecule has 1 aromatic carbocycles. The average Bonchev–Trinajstić information content (AvgIpc) is 3.20. The van der Waals surface area contributed by atoms with E-state index in [1.165, 1.54) is 12.1 Å². The van der Waals surface area contributed by atoms with Gasteiger partial charge in [0.1, 0.15) is 0 Å². The van der Waals surface area contributed by atoms with Crippen LogP contribution >= 0.6 is 0 Å². The predicted octanol–water partition coefficient (Wildman–Crippen LogP) is 2.79. The lowest BCUT2D eigenvalue weighted by Gasteiger charge is -2.22. The molecule has 1 aromatic rings. The van der Waals surface area contributed by atoms with Crippen LogP contribution in [0.3, 0.4) is 0 Å². The number of aromatic carboxylic acids is 1.